The van der Waals surface area contributed by atoms with Crippen LogP contribution in [0.3, 0.4) is 0 Å². The minimum absolute atomic E-state index is 0.172. The molecule has 0 radical (unpaired) electrons. The van der Waals surface area contributed by atoms with Gasteiger partial charge in [0.25, 0.3) is 0 Å². The van der Waals surface area contributed by atoms with Gasteiger partial charge in [-0.1, -0.05) is 13.3 Å². The summed E-state index contributed by atoms with van der Waals surface area (Å²) in [5, 5.41) is 6.69. The monoisotopic (exact) mass is 268 g/mol. The SMILES string of the molecule is CCCC1(C(=O)NC2CCOC(C)C2)CCCNC1. The molecule has 2 N–H and O–H groups in total. The number of piperidine rings is 1. The van der Waals surface area contributed by atoms with Crippen molar-refractivity contribution in [2.45, 2.75) is 64.5 Å². The second-order valence-corrected chi connectivity index (χ2v) is 6.19. The molecule has 2 aliphatic heterocycles. The van der Waals surface area contributed by atoms with E-state index in [2.05, 4.69) is 24.5 Å². The Hall–Kier alpha value is -0.610. The number of nitrogens with one attached hydrogen (secondary N) is 2. The predicted octanol–water partition coefficient (Wildman–Crippen LogP) is 1.84. The predicted molar refractivity (Wildman–Crippen MR) is 76.0 cm³/mol. The number of carbonyl (C=O) groups excluding carboxylic acids is 1. The topological polar surface area (TPSA) is 50.4 Å². The van der Waals surface area contributed by atoms with Crippen LogP contribution in [0.15, 0.2) is 0 Å². The Morgan fingerprint density at radius 2 is 2.37 bits per heavy atom. The number of amides is 1. The second kappa shape index (κ2) is 6.71. The summed E-state index contributed by atoms with van der Waals surface area (Å²) in [7, 11) is 0. The van der Waals surface area contributed by atoms with Crippen molar-refractivity contribution in [1.82, 2.24) is 10.6 Å². The fourth-order valence-electron chi connectivity index (χ4n) is 3.43. The lowest BCUT2D eigenvalue weighted by Gasteiger charge is -2.38. The highest BCUT2D eigenvalue weighted by Crippen LogP contribution is 2.32. The highest BCUT2D eigenvalue weighted by molar-refractivity contribution is 5.83. The van der Waals surface area contributed by atoms with Gasteiger partial charge in [-0.15, -0.1) is 0 Å². The summed E-state index contributed by atoms with van der Waals surface area (Å²) in [5.41, 5.74) is -0.172. The summed E-state index contributed by atoms with van der Waals surface area (Å²) >= 11 is 0. The van der Waals surface area contributed by atoms with Crippen LogP contribution in [0.4, 0.5) is 0 Å². The molecule has 3 unspecified atom stereocenters. The third kappa shape index (κ3) is 3.69. The van der Waals surface area contributed by atoms with Gasteiger partial charge >= 0.3 is 0 Å². The van der Waals surface area contributed by atoms with Crippen molar-refractivity contribution in [2.75, 3.05) is 19.7 Å². The fourth-order valence-corrected chi connectivity index (χ4v) is 3.43. The van der Waals surface area contributed by atoms with E-state index in [0.717, 1.165) is 58.2 Å². The Kier molecular flexibility index (Phi) is 5.22. The van der Waals surface area contributed by atoms with Crippen molar-refractivity contribution in [1.29, 1.82) is 0 Å². The van der Waals surface area contributed by atoms with Gasteiger partial charge in [0.05, 0.1) is 11.5 Å². The van der Waals surface area contributed by atoms with Crippen LogP contribution in [0.2, 0.25) is 0 Å². The van der Waals surface area contributed by atoms with E-state index in [1.165, 1.54) is 0 Å². The molecule has 2 aliphatic rings. The lowest BCUT2D eigenvalue weighted by atomic mass is 9.76. The van der Waals surface area contributed by atoms with Gasteiger partial charge in [-0.05, 0) is 45.6 Å². The maximum atomic E-state index is 12.7. The van der Waals surface area contributed by atoms with Gasteiger partial charge in [0.2, 0.25) is 5.91 Å². The first kappa shape index (κ1) is 14.8. The molecule has 0 saturated carbocycles. The molecular weight excluding hydrogens is 240 g/mol. The molecule has 0 aromatic rings. The number of carbonyl (C=O) groups is 1. The first-order valence-corrected chi connectivity index (χ1v) is 7.79. The van der Waals surface area contributed by atoms with Crippen molar-refractivity contribution in [3.8, 4) is 0 Å². The van der Waals surface area contributed by atoms with Crippen molar-refractivity contribution in [2.24, 2.45) is 5.41 Å². The molecule has 19 heavy (non-hydrogen) atoms. The Morgan fingerprint density at radius 1 is 1.53 bits per heavy atom. The largest absolute Gasteiger partial charge is 0.378 e. The Labute approximate surface area is 116 Å². The van der Waals surface area contributed by atoms with E-state index in [1.54, 1.807) is 0 Å². The van der Waals surface area contributed by atoms with E-state index >= 15 is 0 Å². The first-order chi connectivity index (χ1) is 9.16. The molecule has 2 saturated heterocycles. The maximum absolute atomic E-state index is 12.7. The van der Waals surface area contributed by atoms with Gasteiger partial charge in [-0.3, -0.25) is 4.79 Å². The van der Waals surface area contributed by atoms with Gasteiger partial charge in [0.15, 0.2) is 0 Å². The van der Waals surface area contributed by atoms with E-state index in [0.29, 0.717) is 6.04 Å². The summed E-state index contributed by atoms with van der Waals surface area (Å²) in [4.78, 5) is 12.7. The van der Waals surface area contributed by atoms with Gasteiger partial charge in [0, 0.05) is 19.2 Å². The molecule has 0 bridgehead atoms. The molecule has 4 nitrogen and oxygen atoms in total. The smallest absolute Gasteiger partial charge is 0.227 e. The fraction of sp³-hybridized carbons (Fsp3) is 0.933. The molecule has 4 heteroatoms. The van der Waals surface area contributed by atoms with E-state index in [1.807, 2.05) is 0 Å². The molecular formula is C15H28N2O2. The minimum atomic E-state index is -0.172. The summed E-state index contributed by atoms with van der Waals surface area (Å²) < 4.78 is 5.54. The summed E-state index contributed by atoms with van der Waals surface area (Å²) in [6.07, 6.45) is 6.36. The molecule has 0 aromatic heterocycles. The normalized spacial score (nSPS) is 35.9. The van der Waals surface area contributed by atoms with Crippen LogP contribution in [0.25, 0.3) is 0 Å². The third-order valence-corrected chi connectivity index (χ3v) is 4.50. The lowest BCUT2D eigenvalue weighted by Crippen LogP contribution is -2.53. The second-order valence-electron chi connectivity index (χ2n) is 6.19. The van der Waals surface area contributed by atoms with Crippen LogP contribution in [0.1, 0.15) is 52.4 Å². The molecule has 0 spiro atoms. The molecule has 0 aliphatic carbocycles. The van der Waals surface area contributed by atoms with E-state index in [-0.39, 0.29) is 17.4 Å². The molecule has 2 rings (SSSR count). The number of ether oxygens (including phenoxy) is 1. The summed E-state index contributed by atoms with van der Waals surface area (Å²) in [6.45, 7) is 6.91. The number of hydrogen-bond acceptors (Lipinski definition) is 3. The van der Waals surface area contributed by atoms with E-state index in [4.69, 9.17) is 4.74 Å². The van der Waals surface area contributed by atoms with Gasteiger partial charge in [-0.25, -0.2) is 0 Å². The average molecular weight is 268 g/mol. The van der Waals surface area contributed by atoms with Crippen LogP contribution in [0, 0.1) is 5.41 Å². The maximum Gasteiger partial charge on any atom is 0.227 e. The zero-order valence-electron chi connectivity index (χ0n) is 12.3. The minimum Gasteiger partial charge on any atom is -0.378 e. The van der Waals surface area contributed by atoms with Crippen molar-refractivity contribution in [3.05, 3.63) is 0 Å². The van der Waals surface area contributed by atoms with Crippen LogP contribution in [-0.2, 0) is 9.53 Å². The Morgan fingerprint density at radius 3 is 3.00 bits per heavy atom. The van der Waals surface area contributed by atoms with Crippen molar-refractivity contribution < 1.29 is 9.53 Å². The van der Waals surface area contributed by atoms with E-state index in [9.17, 15) is 4.79 Å². The molecule has 0 aromatic carbocycles. The molecule has 110 valence electrons. The zero-order valence-corrected chi connectivity index (χ0v) is 12.3. The molecule has 1 amide bonds. The lowest BCUT2D eigenvalue weighted by molar-refractivity contribution is -0.134. The van der Waals surface area contributed by atoms with Crippen molar-refractivity contribution in [3.63, 3.8) is 0 Å². The number of hydrogen-bond donors (Lipinski definition) is 2. The van der Waals surface area contributed by atoms with Gasteiger partial charge in [-0.2, -0.15) is 0 Å². The van der Waals surface area contributed by atoms with Crippen LogP contribution in [0.5, 0.6) is 0 Å². The van der Waals surface area contributed by atoms with Gasteiger partial charge < -0.3 is 15.4 Å². The Bertz CT molecular complexity index is 295. The first-order valence-electron chi connectivity index (χ1n) is 7.79. The highest BCUT2D eigenvalue weighted by Gasteiger charge is 2.39. The third-order valence-electron chi connectivity index (χ3n) is 4.50. The quantitative estimate of drug-likeness (QED) is 0.818. The summed E-state index contributed by atoms with van der Waals surface area (Å²) in [5.74, 6) is 0.264. The highest BCUT2D eigenvalue weighted by atomic mass is 16.5. The zero-order chi connectivity index (χ0) is 13.7. The van der Waals surface area contributed by atoms with E-state index < -0.39 is 0 Å². The molecule has 2 fully saturated rings. The Balaban J connectivity index is 1.95. The molecule has 2 heterocycles. The van der Waals surface area contributed by atoms with Crippen LogP contribution >= 0.6 is 0 Å². The van der Waals surface area contributed by atoms with Crippen molar-refractivity contribution >= 4 is 5.91 Å². The van der Waals surface area contributed by atoms with Crippen LogP contribution in [-0.4, -0.2) is 37.7 Å². The van der Waals surface area contributed by atoms with Crippen LogP contribution < -0.4 is 10.6 Å². The summed E-state index contributed by atoms with van der Waals surface area (Å²) in [6, 6.07) is 0.298. The van der Waals surface area contributed by atoms with Gasteiger partial charge in [0.1, 0.15) is 0 Å². The molecule has 3 atom stereocenters. The average Bonchev–Trinajstić information content (AvgIpc) is 2.40. The standard InChI is InChI=1S/C15H28N2O2/c1-3-6-15(7-4-8-16-11-15)14(18)17-13-5-9-19-12(2)10-13/h12-13,16H,3-11H2,1-2H3,(H,17,18). The number of rotatable bonds is 4.